The minimum absolute atomic E-state index is 0.0835. The summed E-state index contributed by atoms with van der Waals surface area (Å²) in [5.74, 6) is 0.364. The first-order chi connectivity index (χ1) is 35.7. The van der Waals surface area contributed by atoms with Gasteiger partial charge in [-0.15, -0.1) is 0 Å². The molecule has 2 heterocycles. The van der Waals surface area contributed by atoms with Crippen molar-refractivity contribution in [3.8, 4) is 34.4 Å². The lowest BCUT2D eigenvalue weighted by Crippen LogP contribution is -2.52. The van der Waals surface area contributed by atoms with E-state index in [0.717, 1.165) is 22.2 Å². The Morgan fingerprint density at radius 3 is 1.21 bits per heavy atom. The molecule has 0 N–H and O–H groups in total. The van der Waals surface area contributed by atoms with Gasteiger partial charge in [0.15, 0.2) is 0 Å². The van der Waals surface area contributed by atoms with Gasteiger partial charge in [-0.1, -0.05) is 170 Å². The molecule has 3 heteroatoms. The van der Waals surface area contributed by atoms with Crippen LogP contribution in [0.2, 0.25) is 0 Å². The second kappa shape index (κ2) is 11.1. The fourth-order valence-electron chi connectivity index (χ4n) is 18.6. The van der Waals surface area contributed by atoms with E-state index in [1.54, 1.807) is 0 Å². The number of hydrogen-bond acceptors (Lipinski definition) is 2. The van der Waals surface area contributed by atoms with Crippen molar-refractivity contribution >= 4 is 38.1 Å². The van der Waals surface area contributed by atoms with Crippen molar-refractivity contribution in [2.24, 2.45) is 0 Å². The first-order valence-electron chi connectivity index (χ1n) is 25.6. The molecule has 3 spiro atoms. The van der Waals surface area contributed by atoms with E-state index in [1.807, 2.05) is 0 Å². The summed E-state index contributed by atoms with van der Waals surface area (Å²) >= 11 is 0. The minimum Gasteiger partial charge on any atom is -0.308 e. The maximum Gasteiger partial charge on any atom is 0.0995 e. The smallest absolute Gasteiger partial charge is 0.0995 e. The maximum absolute atomic E-state index is 11.6. The Balaban J connectivity index is 1.04. The van der Waals surface area contributed by atoms with Gasteiger partial charge in [0.1, 0.15) is 0 Å². The number of nitriles is 2. The topological polar surface area (TPSA) is 52.0 Å². The van der Waals surface area contributed by atoms with E-state index in [4.69, 9.17) is 0 Å². The highest BCUT2D eigenvalue weighted by Crippen LogP contribution is 2.81. The molecule has 0 bridgehead atoms. The summed E-state index contributed by atoms with van der Waals surface area (Å²) in [7, 11) is 0. The Bertz CT molecular complexity index is 4790. The van der Waals surface area contributed by atoms with E-state index in [0.29, 0.717) is 0 Å². The van der Waals surface area contributed by atoms with E-state index < -0.39 is 5.41 Å². The van der Waals surface area contributed by atoms with Crippen LogP contribution in [-0.2, 0) is 16.2 Å². The highest BCUT2D eigenvalue weighted by molar-refractivity contribution is 6.31. The molecule has 0 amide bonds. The maximum atomic E-state index is 11.6. The highest BCUT2D eigenvalue weighted by Gasteiger charge is 2.72. The summed E-state index contributed by atoms with van der Waals surface area (Å²) in [5.41, 5.74) is 30.4. The van der Waals surface area contributed by atoms with E-state index in [1.165, 1.54) is 138 Å². The number of hydrogen-bond donors (Lipinski definition) is 0. The van der Waals surface area contributed by atoms with Crippen LogP contribution in [0, 0.1) is 22.7 Å². The molecule has 72 heavy (non-hydrogen) atoms. The largest absolute Gasteiger partial charge is 0.308 e. The third-order valence-electron chi connectivity index (χ3n) is 20.3. The average Bonchev–Trinajstić information content (AvgIpc) is 4.19. The molecule has 8 aliphatic rings. The molecule has 0 radical (unpaired) electrons. The van der Waals surface area contributed by atoms with Gasteiger partial charge in [0, 0.05) is 56.0 Å². The molecule has 0 fully saturated rings. The lowest BCUT2D eigenvalue weighted by Gasteiger charge is -2.58. The van der Waals surface area contributed by atoms with Crippen molar-refractivity contribution in [1.82, 2.24) is 4.40 Å². The molecular weight excluding hydrogens is 871 g/mol. The van der Waals surface area contributed by atoms with Crippen molar-refractivity contribution < 1.29 is 0 Å². The summed E-state index contributed by atoms with van der Waals surface area (Å²) in [6.45, 7) is 0. The van der Waals surface area contributed by atoms with Gasteiger partial charge < -0.3 is 4.40 Å². The Kier molecular flexibility index (Phi) is 5.56. The summed E-state index contributed by atoms with van der Waals surface area (Å²) in [6.07, 6.45) is 0. The number of aromatic nitrogens is 1. The molecule has 8 aliphatic carbocycles. The predicted octanol–water partition coefficient (Wildman–Crippen LogP) is 14.7. The SMILES string of the molecule is N#Cc1cc2c(c3c1C1c4ccccc4C14c1ccccc1C34)c1cc3c(c4c5c6c(c(C#N)cc5n2c14)C1c2ccccc2C12c1ccccc1C62)-c1ccccc1C31c2ccccc2-c2ccccc21. The van der Waals surface area contributed by atoms with Crippen molar-refractivity contribution in [1.29, 1.82) is 10.5 Å². The van der Waals surface area contributed by atoms with Gasteiger partial charge >= 0.3 is 0 Å². The Morgan fingerprint density at radius 1 is 0.361 bits per heavy atom. The van der Waals surface area contributed by atoms with Crippen LogP contribution in [-0.4, -0.2) is 4.40 Å². The second-order valence-corrected chi connectivity index (χ2v) is 22.1. The summed E-state index contributed by atoms with van der Waals surface area (Å²) in [6, 6.07) is 76.8. The van der Waals surface area contributed by atoms with E-state index in [2.05, 4.69) is 205 Å². The van der Waals surface area contributed by atoms with Crippen LogP contribution in [0.15, 0.2) is 188 Å². The van der Waals surface area contributed by atoms with Crippen LogP contribution in [0.3, 0.4) is 0 Å². The van der Waals surface area contributed by atoms with Crippen LogP contribution in [0.25, 0.3) is 60.3 Å². The van der Waals surface area contributed by atoms with Gasteiger partial charge in [0.25, 0.3) is 0 Å². The molecule has 10 aromatic carbocycles. The van der Waals surface area contributed by atoms with Crippen molar-refractivity contribution in [3.05, 3.63) is 288 Å². The van der Waals surface area contributed by atoms with Gasteiger partial charge in [-0.2, -0.15) is 10.5 Å². The summed E-state index contributed by atoms with van der Waals surface area (Å²) in [4.78, 5) is 0. The van der Waals surface area contributed by atoms with Gasteiger partial charge in [-0.05, 0) is 129 Å². The van der Waals surface area contributed by atoms with Crippen LogP contribution in [0.4, 0.5) is 0 Å². The summed E-state index contributed by atoms with van der Waals surface area (Å²) in [5, 5.41) is 28.3. The zero-order valence-corrected chi connectivity index (χ0v) is 38.5. The number of benzene rings is 10. The van der Waals surface area contributed by atoms with Crippen LogP contribution in [0.5, 0.6) is 0 Å². The Labute approximate surface area is 413 Å². The normalized spacial score (nSPS) is 23.8. The highest BCUT2D eigenvalue weighted by atomic mass is 14.9. The molecule has 0 aliphatic heterocycles. The third kappa shape index (κ3) is 3.15. The van der Waals surface area contributed by atoms with Crippen LogP contribution < -0.4 is 0 Å². The number of rotatable bonds is 0. The number of fused-ring (bicyclic) bond motifs is 33. The third-order valence-corrected chi connectivity index (χ3v) is 20.3. The Morgan fingerprint density at radius 2 is 0.736 bits per heavy atom. The first-order valence-corrected chi connectivity index (χ1v) is 25.6. The zero-order chi connectivity index (χ0) is 46.5. The molecule has 3 nitrogen and oxygen atoms in total. The van der Waals surface area contributed by atoms with Crippen LogP contribution in [0.1, 0.15) is 124 Å². The molecule has 20 rings (SSSR count). The van der Waals surface area contributed by atoms with Gasteiger partial charge in [-0.3, -0.25) is 0 Å². The van der Waals surface area contributed by atoms with Crippen molar-refractivity contribution in [2.45, 2.75) is 39.9 Å². The fraction of sp³-hybridized carbons (Fsp3) is 0.101. The first kappa shape index (κ1) is 36.0. The molecule has 6 unspecified atom stereocenters. The monoisotopic (exact) mass is 905 g/mol. The van der Waals surface area contributed by atoms with E-state index in [-0.39, 0.29) is 34.5 Å². The molecule has 326 valence electrons. The Hall–Kier alpha value is -9.02. The van der Waals surface area contributed by atoms with Crippen LogP contribution >= 0.6 is 0 Å². The van der Waals surface area contributed by atoms with E-state index >= 15 is 0 Å². The molecule has 12 aromatic rings. The van der Waals surface area contributed by atoms with E-state index in [9.17, 15) is 10.5 Å². The van der Waals surface area contributed by atoms with Gasteiger partial charge in [0.2, 0.25) is 0 Å². The lowest BCUT2D eigenvalue weighted by atomic mass is 9.43. The molecule has 6 atom stereocenters. The van der Waals surface area contributed by atoms with Crippen molar-refractivity contribution in [3.63, 3.8) is 0 Å². The molecule has 0 saturated heterocycles. The second-order valence-electron chi connectivity index (χ2n) is 22.1. The quantitative estimate of drug-likeness (QED) is 0.152. The zero-order valence-electron chi connectivity index (χ0n) is 38.5. The standard InChI is InChI=1S/C69H35N3/c70-32-34-29-52-57(59-54(34)62-39-18-4-11-25-47(39)68(62)49-27-13-6-20-41(49)64(59)68)43-31-51-56(38-17-3-10-24-46(38)67(51)44-22-8-1-15-36(44)37-16-2-9-23-45(37)67)61-58-53(72(52)66(43)61)30-35(33-71)55-60(58)65-42-21-7-14-28-50(42)69(65)48-26-12-5-19-40(48)63(55)69/h1-31,62-65H. The minimum atomic E-state index is -0.578. The predicted molar refractivity (Wildman–Crippen MR) is 282 cm³/mol. The molecule has 0 saturated carbocycles. The molecule has 2 aromatic heterocycles. The van der Waals surface area contributed by atoms with Gasteiger partial charge in [0.05, 0.1) is 45.2 Å². The average molecular weight is 906 g/mol. The molecular formula is C69H35N3. The van der Waals surface area contributed by atoms with Crippen molar-refractivity contribution in [2.75, 3.05) is 0 Å². The fourth-order valence-corrected chi connectivity index (χ4v) is 18.6. The summed E-state index contributed by atoms with van der Waals surface area (Å²) < 4.78 is 2.54. The van der Waals surface area contributed by atoms with Gasteiger partial charge in [-0.25, -0.2) is 0 Å². The number of nitrogens with zero attached hydrogens (tertiary/aromatic N) is 3. The lowest BCUT2D eigenvalue weighted by molar-refractivity contribution is 0.333.